The minimum Gasteiger partial charge on any atom is -0.337 e. The van der Waals surface area contributed by atoms with Crippen molar-refractivity contribution >= 4 is 18.3 Å². The third kappa shape index (κ3) is 3.70. The molecule has 19 heavy (non-hydrogen) atoms. The number of aryl methyl sites for hydroxylation is 1. The van der Waals surface area contributed by atoms with Crippen LogP contribution < -0.4 is 5.73 Å². The van der Waals surface area contributed by atoms with Crippen molar-refractivity contribution in [3.8, 4) is 0 Å². The molecule has 0 spiro atoms. The molecular weight excluding hydrogens is 264 g/mol. The van der Waals surface area contributed by atoms with Gasteiger partial charge in [0.15, 0.2) is 0 Å². The van der Waals surface area contributed by atoms with Gasteiger partial charge in [-0.05, 0) is 38.2 Å². The van der Waals surface area contributed by atoms with Crippen molar-refractivity contribution in [3.05, 3.63) is 17.5 Å². The lowest BCUT2D eigenvalue weighted by atomic mass is 9.91. The van der Waals surface area contributed by atoms with Gasteiger partial charge in [0.25, 0.3) is 5.91 Å². The Morgan fingerprint density at radius 3 is 2.68 bits per heavy atom. The van der Waals surface area contributed by atoms with Gasteiger partial charge in [-0.15, -0.1) is 12.4 Å². The number of aromatic nitrogens is 2. The Bertz CT molecular complexity index is 411. The molecule has 1 aliphatic rings. The number of piperidine rings is 1. The highest BCUT2D eigenvalue weighted by Gasteiger charge is 2.26. The molecule has 1 aliphatic heterocycles. The summed E-state index contributed by atoms with van der Waals surface area (Å²) in [5, 5.41) is 6.96. The van der Waals surface area contributed by atoms with Gasteiger partial charge in [0.1, 0.15) is 5.69 Å². The highest BCUT2D eigenvalue weighted by Crippen LogP contribution is 2.20. The Labute approximate surface area is 120 Å². The van der Waals surface area contributed by atoms with E-state index < -0.39 is 0 Å². The van der Waals surface area contributed by atoms with Crippen molar-refractivity contribution < 1.29 is 4.79 Å². The van der Waals surface area contributed by atoms with Crippen LogP contribution in [0, 0.1) is 5.92 Å². The summed E-state index contributed by atoms with van der Waals surface area (Å²) in [6.45, 7) is 5.66. The second-order valence-corrected chi connectivity index (χ2v) is 5.12. The lowest BCUT2D eigenvalue weighted by Gasteiger charge is -2.33. The van der Waals surface area contributed by atoms with Gasteiger partial charge in [-0.3, -0.25) is 9.89 Å². The quantitative estimate of drug-likeness (QED) is 0.886. The summed E-state index contributed by atoms with van der Waals surface area (Å²) in [7, 11) is 0. The molecule has 2 rings (SSSR count). The molecule has 0 saturated carbocycles. The molecule has 3 N–H and O–H groups in total. The maximum atomic E-state index is 12.2. The van der Waals surface area contributed by atoms with E-state index in [0.29, 0.717) is 11.6 Å². The first kappa shape index (κ1) is 16.0. The summed E-state index contributed by atoms with van der Waals surface area (Å²) in [5.41, 5.74) is 7.44. The summed E-state index contributed by atoms with van der Waals surface area (Å²) >= 11 is 0. The van der Waals surface area contributed by atoms with Crippen LogP contribution in [0.3, 0.4) is 0 Å². The van der Waals surface area contributed by atoms with Crippen molar-refractivity contribution in [2.45, 2.75) is 39.2 Å². The van der Waals surface area contributed by atoms with E-state index in [0.717, 1.165) is 38.0 Å². The minimum atomic E-state index is 0. The van der Waals surface area contributed by atoms with Gasteiger partial charge in [0.2, 0.25) is 0 Å². The summed E-state index contributed by atoms with van der Waals surface area (Å²) in [6.07, 6.45) is 2.86. The Hall–Kier alpha value is -1.07. The molecule has 5 nitrogen and oxygen atoms in total. The largest absolute Gasteiger partial charge is 0.337 e. The molecule has 1 saturated heterocycles. The number of carbonyl (C=O) groups excluding carboxylic acids is 1. The van der Waals surface area contributed by atoms with Crippen molar-refractivity contribution in [2.75, 3.05) is 13.1 Å². The Morgan fingerprint density at radius 1 is 1.58 bits per heavy atom. The molecule has 1 aromatic heterocycles. The molecule has 0 aromatic carbocycles. The second-order valence-electron chi connectivity index (χ2n) is 5.12. The highest BCUT2D eigenvalue weighted by molar-refractivity contribution is 5.92. The smallest absolute Gasteiger partial charge is 0.274 e. The predicted molar refractivity (Wildman–Crippen MR) is 77.5 cm³/mol. The molecular formula is C13H23ClN4O. The zero-order valence-electron chi connectivity index (χ0n) is 11.6. The van der Waals surface area contributed by atoms with E-state index in [4.69, 9.17) is 5.73 Å². The first-order valence-electron chi connectivity index (χ1n) is 6.71. The molecule has 6 heteroatoms. The van der Waals surface area contributed by atoms with Gasteiger partial charge in [0.05, 0.1) is 0 Å². The maximum Gasteiger partial charge on any atom is 0.274 e. The molecule has 0 aliphatic carbocycles. The number of H-pyrrole nitrogens is 1. The first-order valence-corrected chi connectivity index (χ1v) is 6.71. The molecule has 0 bridgehead atoms. The van der Waals surface area contributed by atoms with Crippen LogP contribution in [0.1, 0.15) is 42.9 Å². The fraction of sp³-hybridized carbons (Fsp3) is 0.692. The molecule has 108 valence electrons. The van der Waals surface area contributed by atoms with Gasteiger partial charge in [0, 0.05) is 24.8 Å². The fourth-order valence-corrected chi connectivity index (χ4v) is 2.44. The van der Waals surface area contributed by atoms with Gasteiger partial charge < -0.3 is 10.6 Å². The normalized spacial score (nSPS) is 17.9. The molecule has 1 amide bonds. The van der Waals surface area contributed by atoms with Crippen molar-refractivity contribution in [3.63, 3.8) is 0 Å². The SMILES string of the molecule is CCc1cc(C(=O)N2CCC(C(C)N)CC2)n[nH]1.Cl. The average Bonchev–Trinajstić information content (AvgIpc) is 2.86. The van der Waals surface area contributed by atoms with E-state index in [1.54, 1.807) is 0 Å². The average molecular weight is 287 g/mol. The molecule has 1 atom stereocenters. The van der Waals surface area contributed by atoms with Crippen LogP contribution in [0.25, 0.3) is 0 Å². The standard InChI is InChI=1S/C13H22N4O.ClH/c1-3-11-8-12(16-15-11)13(18)17-6-4-10(5-7-17)9(2)14;/h8-10H,3-7,14H2,1-2H3,(H,15,16);1H. The summed E-state index contributed by atoms with van der Waals surface area (Å²) in [6, 6.07) is 2.07. The van der Waals surface area contributed by atoms with Crippen LogP contribution in [0.15, 0.2) is 6.07 Å². The van der Waals surface area contributed by atoms with Gasteiger partial charge in [-0.1, -0.05) is 6.92 Å². The third-order valence-electron chi connectivity index (χ3n) is 3.80. The fourth-order valence-electron chi connectivity index (χ4n) is 2.44. The number of likely N-dealkylation sites (tertiary alicyclic amines) is 1. The van der Waals surface area contributed by atoms with Crippen LogP contribution >= 0.6 is 12.4 Å². The van der Waals surface area contributed by atoms with Gasteiger partial charge in [-0.25, -0.2) is 0 Å². The number of hydrogen-bond acceptors (Lipinski definition) is 3. The second kappa shape index (κ2) is 6.91. The first-order chi connectivity index (χ1) is 8.61. The Balaban J connectivity index is 0.00000180. The van der Waals surface area contributed by atoms with Crippen molar-refractivity contribution in [2.24, 2.45) is 11.7 Å². The van der Waals surface area contributed by atoms with E-state index in [1.807, 2.05) is 24.8 Å². The number of nitrogens with two attached hydrogens (primary N) is 1. The number of halogens is 1. The van der Waals surface area contributed by atoms with Gasteiger partial charge in [-0.2, -0.15) is 5.10 Å². The molecule has 1 fully saturated rings. The number of hydrogen-bond donors (Lipinski definition) is 2. The van der Waals surface area contributed by atoms with Gasteiger partial charge >= 0.3 is 0 Å². The highest BCUT2D eigenvalue weighted by atomic mass is 35.5. The zero-order valence-corrected chi connectivity index (χ0v) is 12.4. The van der Waals surface area contributed by atoms with E-state index in [1.165, 1.54) is 0 Å². The van der Waals surface area contributed by atoms with Crippen molar-refractivity contribution in [1.29, 1.82) is 0 Å². The van der Waals surface area contributed by atoms with E-state index >= 15 is 0 Å². The van der Waals surface area contributed by atoms with Crippen LogP contribution in [0.5, 0.6) is 0 Å². The molecule has 1 unspecified atom stereocenters. The Morgan fingerprint density at radius 2 is 2.21 bits per heavy atom. The van der Waals surface area contributed by atoms with Crippen LogP contribution in [0.4, 0.5) is 0 Å². The number of carbonyl (C=O) groups is 1. The number of amides is 1. The zero-order chi connectivity index (χ0) is 13.1. The number of nitrogens with zero attached hydrogens (tertiary/aromatic N) is 2. The van der Waals surface area contributed by atoms with Crippen molar-refractivity contribution in [1.82, 2.24) is 15.1 Å². The van der Waals surface area contributed by atoms with Crippen LogP contribution in [-0.4, -0.2) is 40.1 Å². The van der Waals surface area contributed by atoms with E-state index in [2.05, 4.69) is 10.2 Å². The summed E-state index contributed by atoms with van der Waals surface area (Å²) in [4.78, 5) is 14.1. The number of aromatic amines is 1. The third-order valence-corrected chi connectivity index (χ3v) is 3.80. The summed E-state index contributed by atoms with van der Waals surface area (Å²) in [5.74, 6) is 0.577. The Kier molecular flexibility index (Phi) is 5.82. The lowest BCUT2D eigenvalue weighted by molar-refractivity contribution is 0.0675. The monoisotopic (exact) mass is 286 g/mol. The van der Waals surface area contributed by atoms with Crippen LogP contribution in [0.2, 0.25) is 0 Å². The molecule has 0 radical (unpaired) electrons. The molecule has 1 aromatic rings. The summed E-state index contributed by atoms with van der Waals surface area (Å²) < 4.78 is 0. The number of rotatable bonds is 3. The molecule has 2 heterocycles. The number of nitrogens with one attached hydrogen (secondary N) is 1. The maximum absolute atomic E-state index is 12.2. The van der Waals surface area contributed by atoms with E-state index in [9.17, 15) is 4.79 Å². The van der Waals surface area contributed by atoms with E-state index in [-0.39, 0.29) is 24.4 Å². The minimum absolute atomic E-state index is 0. The van der Waals surface area contributed by atoms with Crippen LogP contribution in [-0.2, 0) is 6.42 Å². The topological polar surface area (TPSA) is 75.0 Å². The lowest BCUT2D eigenvalue weighted by Crippen LogP contribution is -2.42. The predicted octanol–water partition coefficient (Wildman–Crippen LogP) is 1.59.